The van der Waals surface area contributed by atoms with Crippen LogP contribution in [0.4, 0.5) is 0 Å². The van der Waals surface area contributed by atoms with Crippen molar-refractivity contribution in [1.82, 2.24) is 20.9 Å². The van der Waals surface area contributed by atoms with Gasteiger partial charge in [-0.05, 0) is 62.8 Å². The molecule has 0 unspecified atom stereocenters. The number of likely N-dealkylation sites (tertiary alicyclic amines) is 1. The van der Waals surface area contributed by atoms with Crippen LogP contribution in [-0.4, -0.2) is 48.7 Å². The molecule has 0 spiro atoms. The van der Waals surface area contributed by atoms with Crippen LogP contribution in [0.1, 0.15) is 57.2 Å². The van der Waals surface area contributed by atoms with Crippen molar-refractivity contribution in [2.45, 2.75) is 58.9 Å². The molecule has 8 heteroatoms. The summed E-state index contributed by atoms with van der Waals surface area (Å²) in [6, 6.07) is 2.16. The number of hydrogen-bond donors (Lipinski definition) is 3. The van der Waals surface area contributed by atoms with Crippen molar-refractivity contribution in [3.05, 3.63) is 28.6 Å². The largest absolute Gasteiger partial charge is 0.492 e. The van der Waals surface area contributed by atoms with E-state index in [-0.39, 0.29) is 5.91 Å². The molecule has 0 aromatic carbocycles. The van der Waals surface area contributed by atoms with Gasteiger partial charge in [-0.25, -0.2) is 0 Å². The van der Waals surface area contributed by atoms with Crippen LogP contribution in [0.5, 0.6) is 5.75 Å². The molecular weight excluding hydrogens is 428 g/mol. The van der Waals surface area contributed by atoms with Gasteiger partial charge in [0.25, 0.3) is 0 Å². The highest BCUT2D eigenvalue weighted by Crippen LogP contribution is 2.24. The summed E-state index contributed by atoms with van der Waals surface area (Å²) >= 11 is 6.96. The Bertz CT molecular complexity index is 685. The average Bonchev–Trinajstić information content (AvgIpc) is 3.20. The van der Waals surface area contributed by atoms with Crippen LogP contribution in [0.3, 0.4) is 0 Å². The van der Waals surface area contributed by atoms with Gasteiger partial charge in [-0.15, -0.1) is 11.3 Å². The van der Waals surface area contributed by atoms with Crippen molar-refractivity contribution >= 4 is 34.6 Å². The summed E-state index contributed by atoms with van der Waals surface area (Å²) in [4.78, 5) is 15.7. The maximum absolute atomic E-state index is 11.9. The lowest BCUT2D eigenvalue weighted by Crippen LogP contribution is -2.37. The minimum atomic E-state index is 0.0141. The number of thiocarbonyl (C=S) groups is 1. The molecule has 6 nitrogen and oxygen atoms in total. The van der Waals surface area contributed by atoms with E-state index in [4.69, 9.17) is 17.0 Å². The van der Waals surface area contributed by atoms with Crippen LogP contribution < -0.4 is 20.7 Å². The van der Waals surface area contributed by atoms with E-state index in [1.165, 1.54) is 37.2 Å². The molecule has 1 aliphatic heterocycles. The van der Waals surface area contributed by atoms with Crippen LogP contribution in [-0.2, 0) is 11.3 Å². The van der Waals surface area contributed by atoms with E-state index < -0.39 is 0 Å². The molecule has 31 heavy (non-hydrogen) atoms. The van der Waals surface area contributed by atoms with Crippen LogP contribution in [0, 0.1) is 5.92 Å². The second-order valence-corrected chi connectivity index (χ2v) is 9.73. The molecule has 0 aliphatic carbocycles. The predicted octanol–water partition coefficient (Wildman–Crippen LogP) is 4.03. The molecule has 1 fully saturated rings. The Hall–Kier alpha value is -1.64. The maximum Gasteiger partial charge on any atom is 0.223 e. The maximum atomic E-state index is 11.9. The SMILES string of the molecule is CC(C)CNC(=S)NCCCC(=O)N/C=C\CCOc1csc(CN2CCCCC2)c1. The number of carbonyl (C=O) groups excluding carboxylic acids is 1. The van der Waals surface area contributed by atoms with E-state index in [0.29, 0.717) is 30.6 Å². The third-order valence-corrected chi connectivity index (χ3v) is 6.10. The summed E-state index contributed by atoms with van der Waals surface area (Å²) in [5.41, 5.74) is 0. The second-order valence-electron chi connectivity index (χ2n) is 8.33. The number of nitrogens with zero attached hydrogens (tertiary/aromatic N) is 1. The Morgan fingerprint density at radius 3 is 2.87 bits per heavy atom. The average molecular weight is 467 g/mol. The van der Waals surface area contributed by atoms with Gasteiger partial charge in [0.05, 0.1) is 6.61 Å². The molecule has 0 atom stereocenters. The molecule has 1 amide bonds. The Morgan fingerprint density at radius 1 is 1.29 bits per heavy atom. The van der Waals surface area contributed by atoms with E-state index in [2.05, 4.69) is 46.1 Å². The quantitative estimate of drug-likeness (QED) is 0.301. The number of thiophene rings is 1. The Kier molecular flexibility index (Phi) is 12.6. The van der Waals surface area contributed by atoms with E-state index in [9.17, 15) is 4.79 Å². The van der Waals surface area contributed by atoms with Crippen LogP contribution in [0.15, 0.2) is 23.7 Å². The predicted molar refractivity (Wildman–Crippen MR) is 134 cm³/mol. The van der Waals surface area contributed by atoms with Crippen LogP contribution in [0.25, 0.3) is 0 Å². The minimum absolute atomic E-state index is 0.0141. The molecule has 1 aromatic rings. The second kappa shape index (κ2) is 15.2. The van der Waals surface area contributed by atoms with Gasteiger partial charge in [-0.3, -0.25) is 9.69 Å². The molecule has 0 radical (unpaired) electrons. The molecule has 1 aliphatic rings. The first-order valence-corrected chi connectivity index (χ1v) is 12.7. The standard InChI is InChI=1S/C23H38N4O2S2/c1-19(2)16-26-23(30)25-11-8-9-22(28)24-10-4-7-14-29-20-15-21(31-18-20)17-27-12-5-3-6-13-27/h4,10,15,18-19H,3,5-9,11-14,16-17H2,1-2H3,(H,24,28)(H2,25,26,30)/b10-4-. The number of carbonyl (C=O) groups is 1. The van der Waals surface area contributed by atoms with Crippen molar-refractivity contribution in [3.8, 4) is 5.75 Å². The topological polar surface area (TPSA) is 65.6 Å². The van der Waals surface area contributed by atoms with Gasteiger partial charge in [0.15, 0.2) is 5.11 Å². The van der Waals surface area contributed by atoms with Crippen molar-refractivity contribution in [1.29, 1.82) is 0 Å². The highest BCUT2D eigenvalue weighted by Gasteiger charge is 2.11. The monoisotopic (exact) mass is 466 g/mol. The van der Waals surface area contributed by atoms with Gasteiger partial charge >= 0.3 is 0 Å². The third kappa shape index (κ3) is 12.1. The summed E-state index contributed by atoms with van der Waals surface area (Å²) in [6.45, 7) is 9.88. The number of ether oxygens (including phenoxy) is 1. The van der Waals surface area contributed by atoms with Gasteiger partial charge in [0, 0.05) is 42.7 Å². The molecule has 0 saturated carbocycles. The van der Waals surface area contributed by atoms with Gasteiger partial charge < -0.3 is 20.7 Å². The van der Waals surface area contributed by atoms with E-state index >= 15 is 0 Å². The van der Waals surface area contributed by atoms with Gasteiger partial charge in [-0.1, -0.05) is 26.3 Å². The fourth-order valence-corrected chi connectivity index (χ4v) is 4.25. The highest BCUT2D eigenvalue weighted by atomic mass is 32.1. The van der Waals surface area contributed by atoms with Crippen molar-refractivity contribution in [2.24, 2.45) is 5.92 Å². The molecule has 2 heterocycles. The zero-order valence-electron chi connectivity index (χ0n) is 19.0. The lowest BCUT2D eigenvalue weighted by Gasteiger charge is -2.25. The van der Waals surface area contributed by atoms with Crippen LogP contribution in [0.2, 0.25) is 0 Å². The molecule has 1 saturated heterocycles. The molecule has 3 N–H and O–H groups in total. The first-order valence-electron chi connectivity index (χ1n) is 11.4. The zero-order valence-corrected chi connectivity index (χ0v) is 20.6. The molecular formula is C23H38N4O2S2. The fourth-order valence-electron chi connectivity index (χ4n) is 3.22. The normalized spacial score (nSPS) is 14.7. The Labute approximate surface area is 196 Å². The van der Waals surface area contributed by atoms with E-state index in [0.717, 1.165) is 31.7 Å². The molecule has 2 rings (SSSR count). The summed E-state index contributed by atoms with van der Waals surface area (Å²) in [6.07, 6.45) is 9.61. The number of piperidine rings is 1. The summed E-state index contributed by atoms with van der Waals surface area (Å²) in [7, 11) is 0. The van der Waals surface area contributed by atoms with E-state index in [1.54, 1.807) is 17.5 Å². The molecule has 0 bridgehead atoms. The van der Waals surface area contributed by atoms with Gasteiger partial charge in [0.2, 0.25) is 5.91 Å². The first-order chi connectivity index (χ1) is 15.0. The fraction of sp³-hybridized carbons (Fsp3) is 0.652. The Morgan fingerprint density at radius 2 is 2.10 bits per heavy atom. The summed E-state index contributed by atoms with van der Waals surface area (Å²) in [5, 5.41) is 11.8. The third-order valence-electron chi connectivity index (χ3n) is 4.91. The smallest absolute Gasteiger partial charge is 0.223 e. The van der Waals surface area contributed by atoms with Crippen molar-refractivity contribution in [3.63, 3.8) is 0 Å². The molecule has 174 valence electrons. The van der Waals surface area contributed by atoms with Crippen molar-refractivity contribution in [2.75, 3.05) is 32.8 Å². The minimum Gasteiger partial charge on any atom is -0.492 e. The van der Waals surface area contributed by atoms with Crippen molar-refractivity contribution < 1.29 is 9.53 Å². The highest BCUT2D eigenvalue weighted by molar-refractivity contribution is 7.80. The number of hydrogen-bond acceptors (Lipinski definition) is 5. The summed E-state index contributed by atoms with van der Waals surface area (Å²) < 4.78 is 5.82. The van der Waals surface area contributed by atoms with Gasteiger partial charge in [0.1, 0.15) is 5.75 Å². The number of nitrogens with one attached hydrogen (secondary N) is 3. The van der Waals surface area contributed by atoms with Crippen LogP contribution >= 0.6 is 23.6 Å². The Balaban J connectivity index is 1.47. The first kappa shape index (κ1) is 25.6. The number of rotatable bonds is 13. The summed E-state index contributed by atoms with van der Waals surface area (Å²) in [5.74, 6) is 1.51. The van der Waals surface area contributed by atoms with E-state index in [1.807, 2.05) is 6.08 Å². The molecule has 1 aromatic heterocycles. The lowest BCUT2D eigenvalue weighted by molar-refractivity contribution is -0.120. The number of amides is 1. The lowest BCUT2D eigenvalue weighted by atomic mass is 10.1. The zero-order chi connectivity index (χ0) is 22.3. The van der Waals surface area contributed by atoms with Gasteiger partial charge in [-0.2, -0.15) is 0 Å².